The topological polar surface area (TPSA) is 50.7 Å². The summed E-state index contributed by atoms with van der Waals surface area (Å²) in [5, 5.41) is 2.75. The van der Waals surface area contributed by atoms with Gasteiger partial charge in [0.15, 0.2) is 0 Å². The van der Waals surface area contributed by atoms with Gasteiger partial charge in [-0.05, 0) is 34.8 Å². The number of hydrogen-bond donors (Lipinski definition) is 1. The van der Waals surface area contributed by atoms with E-state index in [1.54, 1.807) is 6.08 Å². The van der Waals surface area contributed by atoms with Gasteiger partial charge in [0, 0.05) is 0 Å². The molecule has 0 fully saturated rings. The molecule has 25 heavy (non-hydrogen) atoms. The second-order valence-electron chi connectivity index (χ2n) is 7.02. The molecule has 0 aromatic heterocycles. The number of amides is 1. The first kappa shape index (κ1) is 17.0. The number of para-hydroxylation sites is 1. The van der Waals surface area contributed by atoms with E-state index in [0.717, 1.165) is 11.3 Å². The van der Waals surface area contributed by atoms with Gasteiger partial charge in [-0.3, -0.25) is 4.79 Å². The maximum absolute atomic E-state index is 12.1. The molecule has 1 aliphatic heterocycles. The fraction of sp³-hybridized carbons (Fsp3) is 0.238. The van der Waals surface area contributed by atoms with E-state index in [1.807, 2.05) is 42.5 Å². The van der Waals surface area contributed by atoms with Crippen LogP contribution in [0.4, 0.5) is 0 Å². The van der Waals surface area contributed by atoms with E-state index >= 15 is 0 Å². The summed E-state index contributed by atoms with van der Waals surface area (Å²) in [5.41, 5.74) is 2.71. The number of rotatable bonds is 4. The molecule has 0 saturated carbocycles. The van der Waals surface area contributed by atoms with Crippen molar-refractivity contribution in [3.05, 3.63) is 71.4 Å². The van der Waals surface area contributed by atoms with Gasteiger partial charge in [0.05, 0.1) is 0 Å². The summed E-state index contributed by atoms with van der Waals surface area (Å²) in [7, 11) is 0. The molecule has 0 spiro atoms. The molecule has 2 aromatic rings. The van der Waals surface area contributed by atoms with E-state index in [2.05, 4.69) is 43.2 Å². The van der Waals surface area contributed by atoms with Gasteiger partial charge in [-0.1, -0.05) is 63.2 Å². The van der Waals surface area contributed by atoms with Gasteiger partial charge in [-0.15, -0.1) is 0 Å². The van der Waals surface area contributed by atoms with Crippen LogP contribution in [0.15, 0.2) is 65.3 Å². The smallest absolute Gasteiger partial charge is 0.275 e. The molecule has 128 valence electrons. The Kier molecular flexibility index (Phi) is 4.70. The fourth-order valence-electron chi connectivity index (χ4n) is 2.49. The molecule has 4 nitrogen and oxygen atoms in total. The van der Waals surface area contributed by atoms with Crippen LogP contribution in [-0.4, -0.2) is 18.3 Å². The Morgan fingerprint density at radius 1 is 1.04 bits per heavy atom. The average Bonchev–Trinajstić information content (AvgIpc) is 2.93. The SMILES string of the molecule is CC(C)(C)c1ccc(/C=C2/N=C(COc3ccccc3)NC2=O)cc1. The Balaban J connectivity index is 1.70. The molecule has 0 aliphatic carbocycles. The predicted octanol–water partition coefficient (Wildman–Crippen LogP) is 3.93. The third kappa shape index (κ3) is 4.35. The van der Waals surface area contributed by atoms with Crippen LogP contribution in [-0.2, 0) is 10.2 Å². The molecule has 0 saturated heterocycles. The zero-order valence-corrected chi connectivity index (χ0v) is 14.7. The van der Waals surface area contributed by atoms with Gasteiger partial charge in [-0.2, -0.15) is 0 Å². The quantitative estimate of drug-likeness (QED) is 0.861. The molecule has 4 heteroatoms. The first-order chi connectivity index (χ1) is 11.9. The number of nitrogens with zero attached hydrogens (tertiary/aromatic N) is 1. The molecular weight excluding hydrogens is 312 g/mol. The molecule has 0 radical (unpaired) electrons. The largest absolute Gasteiger partial charge is 0.486 e. The van der Waals surface area contributed by atoms with Gasteiger partial charge in [0.2, 0.25) is 0 Å². The highest BCUT2D eigenvalue weighted by Gasteiger charge is 2.20. The summed E-state index contributed by atoms with van der Waals surface area (Å²) in [6.45, 7) is 6.76. The number of aliphatic imine (C=N–C) groups is 1. The average molecular weight is 334 g/mol. The van der Waals surface area contributed by atoms with Gasteiger partial charge < -0.3 is 10.1 Å². The van der Waals surface area contributed by atoms with E-state index in [-0.39, 0.29) is 17.9 Å². The number of amidine groups is 1. The molecule has 3 rings (SSSR count). The lowest BCUT2D eigenvalue weighted by molar-refractivity contribution is -0.115. The number of nitrogens with one attached hydrogen (secondary N) is 1. The fourth-order valence-corrected chi connectivity index (χ4v) is 2.49. The normalized spacial score (nSPS) is 15.9. The van der Waals surface area contributed by atoms with Crippen LogP contribution in [0.25, 0.3) is 6.08 Å². The van der Waals surface area contributed by atoms with Crippen molar-refractivity contribution in [3.8, 4) is 5.75 Å². The number of ether oxygens (including phenoxy) is 1. The number of hydrogen-bond acceptors (Lipinski definition) is 3. The van der Waals surface area contributed by atoms with Crippen molar-refractivity contribution in [3.63, 3.8) is 0 Å². The molecule has 0 unspecified atom stereocenters. The Morgan fingerprint density at radius 3 is 2.36 bits per heavy atom. The van der Waals surface area contributed by atoms with Crippen molar-refractivity contribution in [2.24, 2.45) is 4.99 Å². The molecule has 1 amide bonds. The Bertz CT molecular complexity index is 813. The Hall–Kier alpha value is -2.88. The van der Waals surface area contributed by atoms with E-state index < -0.39 is 0 Å². The molecule has 0 bridgehead atoms. The summed E-state index contributed by atoms with van der Waals surface area (Å²) in [6, 6.07) is 17.6. The second kappa shape index (κ2) is 6.93. The predicted molar refractivity (Wildman–Crippen MR) is 101 cm³/mol. The first-order valence-corrected chi connectivity index (χ1v) is 8.31. The standard InChI is InChI=1S/C21H22N2O2/c1-21(2,3)16-11-9-15(10-12-16)13-18-20(24)23-19(22-18)14-25-17-7-5-4-6-8-17/h4-13H,14H2,1-3H3,(H,22,23,24)/b18-13+. The van der Waals surface area contributed by atoms with Crippen molar-refractivity contribution in [2.45, 2.75) is 26.2 Å². The molecule has 2 aromatic carbocycles. The van der Waals surface area contributed by atoms with Crippen LogP contribution >= 0.6 is 0 Å². The Morgan fingerprint density at radius 2 is 1.72 bits per heavy atom. The summed E-state index contributed by atoms with van der Waals surface area (Å²) >= 11 is 0. The van der Waals surface area contributed by atoms with Crippen LogP contribution in [0.2, 0.25) is 0 Å². The summed E-state index contributed by atoms with van der Waals surface area (Å²) < 4.78 is 5.62. The van der Waals surface area contributed by atoms with Crippen LogP contribution < -0.4 is 10.1 Å². The molecule has 1 aliphatic rings. The van der Waals surface area contributed by atoms with Gasteiger partial charge in [-0.25, -0.2) is 4.99 Å². The van der Waals surface area contributed by atoms with Crippen molar-refractivity contribution >= 4 is 17.8 Å². The van der Waals surface area contributed by atoms with E-state index in [0.29, 0.717) is 11.5 Å². The summed E-state index contributed by atoms with van der Waals surface area (Å²) in [6.07, 6.45) is 1.79. The maximum Gasteiger partial charge on any atom is 0.275 e. The number of carbonyl (C=O) groups is 1. The maximum atomic E-state index is 12.1. The highest BCUT2D eigenvalue weighted by molar-refractivity contribution is 6.14. The summed E-state index contributed by atoms with van der Waals surface area (Å²) in [5.74, 6) is 1.06. The third-order valence-electron chi connectivity index (χ3n) is 3.94. The van der Waals surface area contributed by atoms with Gasteiger partial charge in [0.1, 0.15) is 23.9 Å². The minimum absolute atomic E-state index is 0.108. The number of carbonyl (C=O) groups excluding carboxylic acids is 1. The van der Waals surface area contributed by atoms with Crippen molar-refractivity contribution in [2.75, 3.05) is 6.61 Å². The highest BCUT2D eigenvalue weighted by atomic mass is 16.5. The Labute approximate surface area is 148 Å². The third-order valence-corrected chi connectivity index (χ3v) is 3.94. The van der Waals surface area contributed by atoms with Crippen molar-refractivity contribution < 1.29 is 9.53 Å². The lowest BCUT2D eigenvalue weighted by Crippen LogP contribution is -2.28. The number of benzene rings is 2. The minimum Gasteiger partial charge on any atom is -0.486 e. The summed E-state index contributed by atoms with van der Waals surface area (Å²) in [4.78, 5) is 16.4. The van der Waals surface area contributed by atoms with Crippen LogP contribution in [0.3, 0.4) is 0 Å². The lowest BCUT2D eigenvalue weighted by Gasteiger charge is -2.18. The monoisotopic (exact) mass is 334 g/mol. The van der Waals surface area contributed by atoms with Crippen LogP contribution in [0, 0.1) is 0 Å². The lowest BCUT2D eigenvalue weighted by atomic mass is 9.87. The van der Waals surface area contributed by atoms with Crippen molar-refractivity contribution in [1.29, 1.82) is 0 Å². The first-order valence-electron chi connectivity index (χ1n) is 8.31. The molecule has 0 atom stereocenters. The van der Waals surface area contributed by atoms with E-state index in [4.69, 9.17) is 4.74 Å². The van der Waals surface area contributed by atoms with Gasteiger partial charge >= 0.3 is 0 Å². The highest BCUT2D eigenvalue weighted by Crippen LogP contribution is 2.23. The van der Waals surface area contributed by atoms with Crippen LogP contribution in [0.5, 0.6) is 5.75 Å². The zero-order valence-electron chi connectivity index (χ0n) is 14.7. The van der Waals surface area contributed by atoms with E-state index in [9.17, 15) is 4.79 Å². The molecular formula is C21H22N2O2. The van der Waals surface area contributed by atoms with Crippen LogP contribution in [0.1, 0.15) is 31.9 Å². The second-order valence-corrected chi connectivity index (χ2v) is 7.02. The molecule has 1 heterocycles. The zero-order chi connectivity index (χ0) is 17.9. The minimum atomic E-state index is -0.202. The van der Waals surface area contributed by atoms with Gasteiger partial charge in [0.25, 0.3) is 5.91 Å². The molecule has 1 N–H and O–H groups in total. The van der Waals surface area contributed by atoms with Crippen molar-refractivity contribution in [1.82, 2.24) is 5.32 Å². The van der Waals surface area contributed by atoms with E-state index in [1.165, 1.54) is 5.56 Å².